The second-order valence-corrected chi connectivity index (χ2v) is 9.02. The molecule has 3 aliphatic rings. The first kappa shape index (κ1) is 27.8. The van der Waals surface area contributed by atoms with Crippen LogP contribution in [0.4, 0.5) is 4.79 Å². The number of ether oxygens (including phenoxy) is 6. The van der Waals surface area contributed by atoms with E-state index in [4.69, 9.17) is 30.5 Å². The minimum Gasteiger partial charge on any atom is -0.471 e. The van der Waals surface area contributed by atoms with Crippen molar-refractivity contribution in [3.05, 3.63) is 11.8 Å². The van der Waals surface area contributed by atoms with Crippen LogP contribution in [0, 0.1) is 5.92 Å². The molecule has 35 heavy (non-hydrogen) atoms. The van der Waals surface area contributed by atoms with Crippen molar-refractivity contribution < 1.29 is 68.6 Å². The standard InChI is InChI=1S/C20H29ClO14/c1-4-31-18(27)33-6-8-9(22)10(23)11(24)16(34-8)35-17-12-19(2,28)13(21)14(25)20(12,29)7(5-32-17)15(26)30-3/h5,8-14,16-17,22-25,28-29H,4,6H2,1-3H3/t8-,9-,10+,11-,12-,13-,14-,16+,17+,19-,20+/m1/s1. The van der Waals surface area contributed by atoms with Gasteiger partial charge in [-0.1, -0.05) is 0 Å². The van der Waals surface area contributed by atoms with Gasteiger partial charge in [0, 0.05) is 0 Å². The van der Waals surface area contributed by atoms with Gasteiger partial charge in [0.15, 0.2) is 6.29 Å². The number of esters is 1. The van der Waals surface area contributed by atoms with Crippen LogP contribution in [0.25, 0.3) is 0 Å². The van der Waals surface area contributed by atoms with Crippen LogP contribution in [-0.4, -0.2) is 123 Å². The van der Waals surface area contributed by atoms with E-state index in [9.17, 15) is 40.2 Å². The fraction of sp³-hybridized carbons (Fsp3) is 0.800. The Balaban J connectivity index is 1.87. The summed E-state index contributed by atoms with van der Waals surface area (Å²) < 4.78 is 30.5. The predicted molar refractivity (Wildman–Crippen MR) is 110 cm³/mol. The highest BCUT2D eigenvalue weighted by molar-refractivity contribution is 6.22. The van der Waals surface area contributed by atoms with Gasteiger partial charge in [-0.15, -0.1) is 11.6 Å². The quantitative estimate of drug-likeness (QED) is 0.155. The van der Waals surface area contributed by atoms with Crippen molar-refractivity contribution >= 4 is 23.7 Å². The Labute approximate surface area is 204 Å². The number of rotatable bonds is 6. The molecule has 0 aromatic rings. The lowest BCUT2D eigenvalue weighted by atomic mass is 9.76. The number of hydrogen-bond acceptors (Lipinski definition) is 14. The summed E-state index contributed by atoms with van der Waals surface area (Å²) in [4.78, 5) is 23.7. The SMILES string of the molecule is CCOC(=O)OC[C@H]1O[C@@H](O[C@@H]2OC=C(C(=O)OC)[C@@]3(O)[C@H](O)[C@@H](Cl)[C@](C)(O)[C@@H]23)[C@H](O)[C@@H](O)[C@@H]1O. The molecule has 0 aromatic carbocycles. The van der Waals surface area contributed by atoms with Crippen LogP contribution in [0.5, 0.6) is 0 Å². The van der Waals surface area contributed by atoms with Gasteiger partial charge in [-0.2, -0.15) is 0 Å². The summed E-state index contributed by atoms with van der Waals surface area (Å²) in [6.07, 6.45) is -12.4. The number of halogens is 1. The molecular weight excluding hydrogens is 500 g/mol. The first-order chi connectivity index (χ1) is 16.3. The average molecular weight is 529 g/mol. The number of aliphatic hydroxyl groups is 6. The van der Waals surface area contributed by atoms with Crippen LogP contribution < -0.4 is 0 Å². The maximum Gasteiger partial charge on any atom is 0.508 e. The zero-order chi connectivity index (χ0) is 26.3. The van der Waals surface area contributed by atoms with E-state index in [1.165, 1.54) is 6.92 Å². The van der Waals surface area contributed by atoms with Crippen molar-refractivity contribution in [3.63, 3.8) is 0 Å². The molecule has 3 rings (SSSR count). The molecule has 14 nitrogen and oxygen atoms in total. The van der Waals surface area contributed by atoms with Crippen molar-refractivity contribution in [1.29, 1.82) is 0 Å². The van der Waals surface area contributed by atoms with E-state index in [1.807, 2.05) is 0 Å². The molecule has 15 heteroatoms. The zero-order valence-corrected chi connectivity index (χ0v) is 19.8. The first-order valence-electron chi connectivity index (χ1n) is 10.7. The molecule has 0 aromatic heterocycles. The van der Waals surface area contributed by atoms with Crippen molar-refractivity contribution in [2.75, 3.05) is 20.3 Å². The summed E-state index contributed by atoms with van der Waals surface area (Å²) in [7, 11) is 1.03. The van der Waals surface area contributed by atoms with Crippen molar-refractivity contribution in [2.24, 2.45) is 5.92 Å². The van der Waals surface area contributed by atoms with Gasteiger partial charge in [-0.05, 0) is 13.8 Å². The predicted octanol–water partition coefficient (Wildman–Crippen LogP) is -2.52. The Kier molecular flexibility index (Phi) is 8.20. The van der Waals surface area contributed by atoms with Crippen LogP contribution in [0.1, 0.15) is 13.8 Å². The van der Waals surface area contributed by atoms with Crippen molar-refractivity contribution in [1.82, 2.24) is 0 Å². The summed E-state index contributed by atoms with van der Waals surface area (Å²) >= 11 is 6.17. The third-order valence-corrected chi connectivity index (χ3v) is 7.06. The summed E-state index contributed by atoms with van der Waals surface area (Å²) in [6.45, 7) is 2.15. The molecule has 1 aliphatic carbocycles. The maximum absolute atomic E-state index is 12.2. The van der Waals surface area contributed by atoms with Gasteiger partial charge < -0.3 is 59.1 Å². The van der Waals surface area contributed by atoms with Gasteiger partial charge in [-0.25, -0.2) is 9.59 Å². The molecule has 0 bridgehead atoms. The second-order valence-electron chi connectivity index (χ2n) is 8.55. The number of alkyl halides is 1. The van der Waals surface area contributed by atoms with E-state index in [0.717, 1.165) is 13.4 Å². The molecule has 200 valence electrons. The molecule has 0 amide bonds. The van der Waals surface area contributed by atoms with Crippen LogP contribution in [0.2, 0.25) is 0 Å². The molecular formula is C20H29ClO14. The minimum absolute atomic E-state index is 0.0255. The molecule has 0 spiro atoms. The molecule has 1 saturated heterocycles. The van der Waals surface area contributed by atoms with Crippen LogP contribution in [0.3, 0.4) is 0 Å². The Morgan fingerprint density at radius 1 is 1.09 bits per heavy atom. The topological polar surface area (TPSA) is 211 Å². The van der Waals surface area contributed by atoms with E-state index in [1.54, 1.807) is 6.92 Å². The van der Waals surface area contributed by atoms with Gasteiger partial charge in [0.2, 0.25) is 6.29 Å². The van der Waals surface area contributed by atoms with Crippen LogP contribution >= 0.6 is 11.6 Å². The third kappa shape index (κ3) is 4.70. The highest BCUT2D eigenvalue weighted by Crippen LogP contribution is 2.54. The van der Waals surface area contributed by atoms with E-state index in [-0.39, 0.29) is 6.61 Å². The van der Waals surface area contributed by atoms with Gasteiger partial charge in [0.25, 0.3) is 0 Å². The lowest BCUT2D eigenvalue weighted by molar-refractivity contribution is -0.352. The van der Waals surface area contributed by atoms with E-state index < -0.39 is 89.9 Å². The van der Waals surface area contributed by atoms with E-state index in [2.05, 4.69) is 9.47 Å². The Hall–Kier alpha value is -1.75. The number of carbonyl (C=O) groups excluding carboxylic acids is 2. The lowest BCUT2D eigenvalue weighted by Crippen LogP contribution is -2.63. The minimum atomic E-state index is -2.50. The fourth-order valence-corrected chi connectivity index (χ4v) is 4.83. The summed E-state index contributed by atoms with van der Waals surface area (Å²) in [5, 5.41) is 62.4. The largest absolute Gasteiger partial charge is 0.508 e. The molecule has 0 radical (unpaired) electrons. The average Bonchev–Trinajstić information content (AvgIpc) is 2.95. The van der Waals surface area contributed by atoms with Crippen LogP contribution in [0.15, 0.2) is 11.8 Å². The molecule has 1 saturated carbocycles. The van der Waals surface area contributed by atoms with E-state index >= 15 is 0 Å². The normalized spacial score (nSPS) is 45.1. The summed E-state index contributed by atoms with van der Waals surface area (Å²) in [6, 6.07) is 0. The van der Waals surface area contributed by atoms with Gasteiger partial charge >= 0.3 is 12.1 Å². The molecule has 11 atom stereocenters. The first-order valence-corrected chi connectivity index (χ1v) is 11.1. The molecule has 2 heterocycles. The zero-order valence-electron chi connectivity index (χ0n) is 19.0. The second kappa shape index (κ2) is 10.3. The van der Waals surface area contributed by atoms with Gasteiger partial charge in [-0.3, -0.25) is 0 Å². The number of aliphatic hydroxyl groups excluding tert-OH is 4. The molecule has 2 aliphatic heterocycles. The van der Waals surface area contributed by atoms with Gasteiger partial charge in [0.1, 0.15) is 54.6 Å². The van der Waals surface area contributed by atoms with Crippen molar-refractivity contribution in [3.8, 4) is 0 Å². The smallest absolute Gasteiger partial charge is 0.471 e. The monoisotopic (exact) mass is 528 g/mol. The van der Waals surface area contributed by atoms with E-state index in [0.29, 0.717) is 0 Å². The summed E-state index contributed by atoms with van der Waals surface area (Å²) in [5.74, 6) is -2.69. The third-order valence-electron chi connectivity index (χ3n) is 6.38. The fourth-order valence-electron chi connectivity index (χ4n) is 4.50. The number of carbonyl (C=O) groups is 2. The highest BCUT2D eigenvalue weighted by Gasteiger charge is 2.72. The van der Waals surface area contributed by atoms with Crippen molar-refractivity contribution in [2.45, 2.75) is 73.5 Å². The number of hydrogen-bond donors (Lipinski definition) is 6. The number of fused-ring (bicyclic) bond motifs is 1. The lowest BCUT2D eigenvalue weighted by Gasteiger charge is -2.46. The molecule has 6 N–H and O–H groups in total. The number of methoxy groups -OCH3 is 1. The highest BCUT2D eigenvalue weighted by atomic mass is 35.5. The van der Waals surface area contributed by atoms with Crippen LogP contribution in [-0.2, 0) is 33.2 Å². The van der Waals surface area contributed by atoms with Gasteiger partial charge in [0.05, 0.1) is 30.6 Å². The Bertz CT molecular complexity index is 835. The maximum atomic E-state index is 12.2. The summed E-state index contributed by atoms with van der Waals surface area (Å²) in [5.41, 5.74) is -5.14. The Morgan fingerprint density at radius 3 is 2.34 bits per heavy atom. The Morgan fingerprint density at radius 2 is 1.74 bits per heavy atom. The molecule has 0 unspecified atom stereocenters. The molecule has 2 fully saturated rings.